The van der Waals surface area contributed by atoms with Crippen LogP contribution in [0.2, 0.25) is 0 Å². The van der Waals surface area contributed by atoms with E-state index in [4.69, 9.17) is 5.11 Å². The number of hydrogen-bond donors (Lipinski definition) is 1. The summed E-state index contributed by atoms with van der Waals surface area (Å²) >= 11 is 1.63. The molecule has 3 rings (SSSR count). The second-order valence-electron chi connectivity index (χ2n) is 5.46. The van der Waals surface area contributed by atoms with E-state index in [0.29, 0.717) is 19.3 Å². The van der Waals surface area contributed by atoms with Crippen molar-refractivity contribution in [3.63, 3.8) is 0 Å². The number of rotatable bonds is 3. The smallest absolute Gasteiger partial charge is 0.306 e. The average Bonchev–Trinajstić information content (AvgIpc) is 2.83. The first kappa shape index (κ1) is 14.1. The predicted octanol–water partition coefficient (Wildman–Crippen LogP) is 2.33. The summed E-state index contributed by atoms with van der Waals surface area (Å²) in [5.74, 6) is -0.237. The van der Waals surface area contributed by atoms with Crippen LogP contribution in [-0.2, 0) is 24.1 Å². The zero-order valence-corrected chi connectivity index (χ0v) is 12.9. The number of carbonyl (C=O) groups is 1. The summed E-state index contributed by atoms with van der Waals surface area (Å²) in [4.78, 5) is 24.8. The number of carboxylic acid groups (broad SMARTS) is 1. The Morgan fingerprint density at radius 1 is 1.38 bits per heavy atom. The first-order chi connectivity index (χ1) is 10.0. The fraction of sp³-hybridized carbons (Fsp3) is 0.467. The zero-order valence-electron chi connectivity index (χ0n) is 12.1. The molecule has 0 radical (unpaired) electrons. The van der Waals surface area contributed by atoms with Gasteiger partial charge in [-0.15, -0.1) is 11.3 Å². The van der Waals surface area contributed by atoms with Gasteiger partial charge in [0.1, 0.15) is 5.82 Å². The molecule has 2 aromatic rings. The van der Waals surface area contributed by atoms with Gasteiger partial charge in [0.05, 0.1) is 23.0 Å². The van der Waals surface area contributed by atoms with Crippen LogP contribution in [0.1, 0.15) is 39.9 Å². The van der Waals surface area contributed by atoms with Gasteiger partial charge in [-0.25, -0.2) is 15.0 Å². The molecule has 6 heteroatoms. The normalized spacial score (nSPS) is 17.5. The molecule has 0 saturated carbocycles. The van der Waals surface area contributed by atoms with Crippen LogP contribution < -0.4 is 0 Å². The van der Waals surface area contributed by atoms with Crippen LogP contribution in [0.5, 0.6) is 0 Å². The minimum absolute atomic E-state index is 0.299. The topological polar surface area (TPSA) is 76.0 Å². The Hall–Kier alpha value is -1.82. The highest BCUT2D eigenvalue weighted by Crippen LogP contribution is 2.26. The highest BCUT2D eigenvalue weighted by Gasteiger charge is 2.27. The zero-order chi connectivity index (χ0) is 15.0. The number of carboxylic acids is 1. The first-order valence-corrected chi connectivity index (χ1v) is 7.90. The minimum Gasteiger partial charge on any atom is -0.481 e. The molecule has 2 heterocycles. The Balaban J connectivity index is 1.86. The number of thiazole rings is 1. The lowest BCUT2D eigenvalue weighted by atomic mass is 9.86. The van der Waals surface area contributed by atoms with Gasteiger partial charge in [-0.1, -0.05) is 0 Å². The van der Waals surface area contributed by atoms with Crippen molar-refractivity contribution in [2.45, 2.75) is 39.5 Å². The van der Waals surface area contributed by atoms with Crippen LogP contribution in [0.3, 0.4) is 0 Å². The molecule has 0 fully saturated rings. The van der Waals surface area contributed by atoms with Crippen LogP contribution in [-0.4, -0.2) is 26.0 Å². The molecule has 1 atom stereocenters. The molecule has 0 amide bonds. The van der Waals surface area contributed by atoms with E-state index in [9.17, 15) is 4.79 Å². The van der Waals surface area contributed by atoms with Crippen LogP contribution >= 0.6 is 11.3 Å². The molecule has 0 aliphatic heterocycles. The van der Waals surface area contributed by atoms with Crippen molar-refractivity contribution in [3.8, 4) is 0 Å². The third-order valence-corrected chi connectivity index (χ3v) is 4.70. The molecule has 0 aromatic carbocycles. The molecular formula is C15H17N3O2S. The van der Waals surface area contributed by atoms with E-state index < -0.39 is 5.97 Å². The van der Waals surface area contributed by atoms with Gasteiger partial charge in [0, 0.05) is 16.8 Å². The SMILES string of the molecule is Cc1nc(Cc2nc(C)c3c(n2)CCC(C(=O)O)C3)cs1. The fourth-order valence-corrected chi connectivity index (χ4v) is 3.40. The molecule has 1 aliphatic rings. The first-order valence-electron chi connectivity index (χ1n) is 7.02. The van der Waals surface area contributed by atoms with E-state index in [2.05, 4.69) is 15.0 Å². The maximum atomic E-state index is 11.1. The second kappa shape index (κ2) is 5.52. The van der Waals surface area contributed by atoms with Crippen molar-refractivity contribution < 1.29 is 9.90 Å². The van der Waals surface area contributed by atoms with Crippen LogP contribution in [0.25, 0.3) is 0 Å². The maximum Gasteiger partial charge on any atom is 0.306 e. The Bertz CT molecular complexity index is 696. The fourth-order valence-electron chi connectivity index (χ4n) is 2.79. The monoisotopic (exact) mass is 303 g/mol. The maximum absolute atomic E-state index is 11.1. The summed E-state index contributed by atoms with van der Waals surface area (Å²) in [6, 6.07) is 0. The summed E-state index contributed by atoms with van der Waals surface area (Å²) in [5, 5.41) is 12.2. The molecule has 0 bridgehead atoms. The standard InChI is InChI=1S/C15H17N3O2S/c1-8-12-5-10(15(19)20)3-4-13(12)18-14(16-8)6-11-7-21-9(2)17-11/h7,10H,3-6H2,1-2H3,(H,19,20). The molecule has 0 spiro atoms. The van der Waals surface area contributed by atoms with Crippen LogP contribution in [0.15, 0.2) is 5.38 Å². The van der Waals surface area contributed by atoms with Crippen molar-refractivity contribution in [3.05, 3.63) is 38.9 Å². The Morgan fingerprint density at radius 3 is 2.86 bits per heavy atom. The van der Waals surface area contributed by atoms with Gasteiger partial charge >= 0.3 is 5.97 Å². The quantitative estimate of drug-likeness (QED) is 0.941. The average molecular weight is 303 g/mol. The van der Waals surface area contributed by atoms with Crippen LogP contribution in [0.4, 0.5) is 0 Å². The minimum atomic E-state index is -0.720. The molecule has 1 N–H and O–H groups in total. The lowest BCUT2D eigenvalue weighted by molar-refractivity contribution is -0.142. The number of hydrogen-bond acceptors (Lipinski definition) is 5. The molecule has 1 aliphatic carbocycles. The largest absolute Gasteiger partial charge is 0.481 e. The molecular weight excluding hydrogens is 286 g/mol. The third-order valence-electron chi connectivity index (χ3n) is 3.88. The van der Waals surface area contributed by atoms with Crippen molar-refractivity contribution >= 4 is 17.3 Å². The van der Waals surface area contributed by atoms with Gasteiger partial charge in [-0.3, -0.25) is 4.79 Å². The number of aryl methyl sites for hydroxylation is 3. The van der Waals surface area contributed by atoms with Crippen molar-refractivity contribution in [1.82, 2.24) is 15.0 Å². The summed E-state index contributed by atoms with van der Waals surface area (Å²) in [7, 11) is 0. The number of aliphatic carboxylic acids is 1. The van der Waals surface area contributed by atoms with E-state index in [1.807, 2.05) is 19.2 Å². The van der Waals surface area contributed by atoms with Crippen molar-refractivity contribution in [2.75, 3.05) is 0 Å². The molecule has 5 nitrogen and oxygen atoms in total. The highest BCUT2D eigenvalue weighted by molar-refractivity contribution is 7.09. The summed E-state index contributed by atoms with van der Waals surface area (Å²) in [6.45, 7) is 3.93. The van der Waals surface area contributed by atoms with E-state index in [0.717, 1.165) is 39.9 Å². The summed E-state index contributed by atoms with van der Waals surface area (Å²) in [5.41, 5.74) is 3.94. The summed E-state index contributed by atoms with van der Waals surface area (Å²) < 4.78 is 0. The molecule has 21 heavy (non-hydrogen) atoms. The number of aromatic nitrogens is 3. The summed E-state index contributed by atoms with van der Waals surface area (Å²) in [6.07, 6.45) is 2.57. The van der Waals surface area contributed by atoms with Crippen molar-refractivity contribution in [2.24, 2.45) is 5.92 Å². The van der Waals surface area contributed by atoms with Gasteiger partial charge < -0.3 is 5.11 Å². The highest BCUT2D eigenvalue weighted by atomic mass is 32.1. The third kappa shape index (κ3) is 2.95. The molecule has 110 valence electrons. The Morgan fingerprint density at radius 2 is 2.19 bits per heavy atom. The van der Waals surface area contributed by atoms with Gasteiger partial charge in [-0.2, -0.15) is 0 Å². The van der Waals surface area contributed by atoms with E-state index in [1.54, 1.807) is 11.3 Å². The molecule has 2 aromatic heterocycles. The lowest BCUT2D eigenvalue weighted by Crippen LogP contribution is -2.24. The van der Waals surface area contributed by atoms with E-state index in [-0.39, 0.29) is 5.92 Å². The lowest BCUT2D eigenvalue weighted by Gasteiger charge is -2.22. The number of fused-ring (bicyclic) bond motifs is 1. The van der Waals surface area contributed by atoms with Crippen LogP contribution in [0, 0.1) is 19.8 Å². The van der Waals surface area contributed by atoms with Gasteiger partial charge in [0.15, 0.2) is 0 Å². The van der Waals surface area contributed by atoms with Gasteiger partial charge in [-0.05, 0) is 38.7 Å². The van der Waals surface area contributed by atoms with Gasteiger partial charge in [0.2, 0.25) is 0 Å². The number of nitrogens with zero attached hydrogens (tertiary/aromatic N) is 3. The predicted molar refractivity (Wildman–Crippen MR) is 79.6 cm³/mol. The molecule has 0 saturated heterocycles. The van der Waals surface area contributed by atoms with Crippen molar-refractivity contribution in [1.29, 1.82) is 0 Å². The van der Waals surface area contributed by atoms with E-state index in [1.165, 1.54) is 0 Å². The van der Waals surface area contributed by atoms with Gasteiger partial charge in [0.25, 0.3) is 0 Å². The Kier molecular flexibility index (Phi) is 3.71. The molecule has 1 unspecified atom stereocenters. The van der Waals surface area contributed by atoms with E-state index >= 15 is 0 Å². The Labute approximate surface area is 127 Å². The second-order valence-corrected chi connectivity index (χ2v) is 6.53.